The molecule has 2 aromatic rings. The lowest BCUT2D eigenvalue weighted by atomic mass is 9.74. The van der Waals surface area contributed by atoms with Crippen molar-refractivity contribution in [3.63, 3.8) is 0 Å². The zero-order valence-electron chi connectivity index (χ0n) is 26.0. The van der Waals surface area contributed by atoms with E-state index in [1.807, 2.05) is 60.7 Å². The maximum Gasteiger partial charge on any atom is 0.408 e. The van der Waals surface area contributed by atoms with Crippen LogP contribution in [0.3, 0.4) is 0 Å². The number of nitrogens with one attached hydrogen (secondary N) is 2. The third kappa shape index (κ3) is 9.72. The number of amides is 3. The maximum absolute atomic E-state index is 14.1. The fraction of sp³-hybridized carbons (Fsp3) is 0.529. The maximum atomic E-state index is 14.1. The number of nitrogens with zero attached hydrogens (tertiary/aromatic N) is 1. The van der Waals surface area contributed by atoms with E-state index < -0.39 is 35.8 Å². The van der Waals surface area contributed by atoms with Gasteiger partial charge in [-0.1, -0.05) is 60.7 Å². The molecule has 2 bridgehead atoms. The molecule has 2 heterocycles. The first kappa shape index (κ1) is 32.8. The Kier molecular flexibility index (Phi) is 11.6. The summed E-state index contributed by atoms with van der Waals surface area (Å²) in [6.07, 6.45) is 3.55. The topological polar surface area (TPSA) is 123 Å². The zero-order chi connectivity index (χ0) is 31.5. The molecule has 2 aliphatic heterocycles. The first-order valence-corrected chi connectivity index (χ1v) is 15.6. The van der Waals surface area contributed by atoms with E-state index in [4.69, 9.17) is 14.2 Å². The van der Waals surface area contributed by atoms with Crippen LogP contribution in [-0.4, -0.2) is 59.2 Å². The van der Waals surface area contributed by atoms with E-state index in [0.29, 0.717) is 25.8 Å². The second-order valence-corrected chi connectivity index (χ2v) is 12.5. The van der Waals surface area contributed by atoms with E-state index in [1.54, 1.807) is 25.7 Å². The molecule has 10 nitrogen and oxygen atoms in total. The number of fused-ring (bicyclic) bond motifs is 3. The highest BCUT2D eigenvalue weighted by Crippen LogP contribution is 2.40. The molecule has 0 radical (unpaired) electrons. The highest BCUT2D eigenvalue weighted by atomic mass is 16.6. The van der Waals surface area contributed by atoms with Gasteiger partial charge in [-0.05, 0) is 82.8 Å². The molecule has 238 valence electrons. The minimum Gasteiger partial charge on any atom is -0.459 e. The smallest absolute Gasteiger partial charge is 0.408 e. The molecule has 2 aromatic carbocycles. The van der Waals surface area contributed by atoms with Crippen molar-refractivity contribution in [3.05, 3.63) is 71.8 Å². The minimum atomic E-state index is -0.890. The second kappa shape index (κ2) is 15.6. The van der Waals surface area contributed by atoms with E-state index in [1.165, 1.54) is 0 Å². The molecule has 1 aliphatic carbocycles. The van der Waals surface area contributed by atoms with Crippen molar-refractivity contribution in [1.29, 1.82) is 0 Å². The van der Waals surface area contributed by atoms with Crippen molar-refractivity contribution in [3.8, 4) is 0 Å². The number of carbonyl (C=O) groups excluding carboxylic acids is 4. The summed E-state index contributed by atoms with van der Waals surface area (Å²) in [5, 5.41) is 5.50. The quantitative estimate of drug-likeness (QED) is 0.186. The van der Waals surface area contributed by atoms with Gasteiger partial charge in [0.05, 0.1) is 0 Å². The highest BCUT2D eigenvalue weighted by molar-refractivity contribution is 5.90. The molecule has 0 aromatic heterocycles. The first-order valence-electron chi connectivity index (χ1n) is 15.6. The van der Waals surface area contributed by atoms with Crippen LogP contribution in [0.25, 0.3) is 0 Å². The van der Waals surface area contributed by atoms with Crippen LogP contribution in [0, 0.1) is 5.92 Å². The molecule has 3 fully saturated rings. The van der Waals surface area contributed by atoms with Crippen LogP contribution >= 0.6 is 0 Å². The van der Waals surface area contributed by atoms with Gasteiger partial charge < -0.3 is 29.7 Å². The van der Waals surface area contributed by atoms with Gasteiger partial charge in [0, 0.05) is 12.6 Å². The van der Waals surface area contributed by atoms with Crippen LogP contribution in [-0.2, 0) is 37.0 Å². The molecule has 5 rings (SSSR count). The lowest BCUT2D eigenvalue weighted by molar-refractivity contribution is -0.169. The Balaban J connectivity index is 1.36. The number of alkyl carbamates (subject to hydrolysis) is 2. The van der Waals surface area contributed by atoms with Crippen molar-refractivity contribution in [2.75, 3.05) is 6.54 Å². The Hall–Kier alpha value is -4.08. The molecule has 0 spiro atoms. The fourth-order valence-electron chi connectivity index (χ4n) is 5.91. The standard InChI is InChI=1S/C34H45N3O7/c1-34(2,3)44-33(41)36-28(16-10-11-21-35-32(40)43-23-25-14-8-5-9-15-25)30(38)37-27-19-17-26(18-20-27)29(37)31(39)42-22-24-12-6-4-7-13-24/h4-9,12-15,26-29H,10-11,16-23H2,1-3H3,(H,35,40)(H,36,41)/t26?,27?,28-,29-/m0/s1. The van der Waals surface area contributed by atoms with Crippen molar-refractivity contribution in [2.45, 2.75) is 103 Å². The first-order chi connectivity index (χ1) is 21.1. The average Bonchev–Trinajstić information content (AvgIpc) is 3.01. The molecular weight excluding hydrogens is 562 g/mol. The molecule has 3 amide bonds. The average molecular weight is 608 g/mol. The number of piperidine rings is 2. The highest BCUT2D eigenvalue weighted by Gasteiger charge is 2.49. The molecular formula is C34H45N3O7. The summed E-state index contributed by atoms with van der Waals surface area (Å²) in [7, 11) is 0. The van der Waals surface area contributed by atoms with Crippen molar-refractivity contribution >= 4 is 24.1 Å². The summed E-state index contributed by atoms with van der Waals surface area (Å²) in [6, 6.07) is 17.2. The van der Waals surface area contributed by atoms with Crippen molar-refractivity contribution in [1.82, 2.24) is 15.5 Å². The fourth-order valence-corrected chi connectivity index (χ4v) is 5.91. The summed E-state index contributed by atoms with van der Waals surface area (Å²) < 4.78 is 16.4. The van der Waals surface area contributed by atoms with Crippen LogP contribution in [0.1, 0.15) is 76.8 Å². The molecule has 3 aliphatic rings. The number of hydrogen-bond acceptors (Lipinski definition) is 7. The number of benzene rings is 2. The summed E-state index contributed by atoms with van der Waals surface area (Å²) in [5.74, 6) is -0.700. The molecule has 0 unspecified atom stereocenters. The lowest BCUT2D eigenvalue weighted by Gasteiger charge is -2.50. The van der Waals surface area contributed by atoms with Crippen LogP contribution in [0.4, 0.5) is 9.59 Å². The Morgan fingerprint density at radius 1 is 0.818 bits per heavy atom. The van der Waals surface area contributed by atoms with Crippen LogP contribution in [0.15, 0.2) is 60.7 Å². The van der Waals surface area contributed by atoms with Crippen molar-refractivity contribution < 1.29 is 33.4 Å². The predicted molar refractivity (Wildman–Crippen MR) is 164 cm³/mol. The number of carbonyl (C=O) groups is 4. The molecule has 2 atom stereocenters. The van der Waals surface area contributed by atoms with Gasteiger partial charge in [0.1, 0.15) is 30.9 Å². The minimum absolute atomic E-state index is 0.0144. The largest absolute Gasteiger partial charge is 0.459 e. The number of esters is 1. The van der Waals surface area contributed by atoms with Gasteiger partial charge in [0.2, 0.25) is 5.91 Å². The van der Waals surface area contributed by atoms with E-state index in [0.717, 1.165) is 36.8 Å². The Labute approximate surface area is 259 Å². The van der Waals surface area contributed by atoms with Gasteiger partial charge in [0.25, 0.3) is 0 Å². The second-order valence-electron chi connectivity index (χ2n) is 12.5. The number of hydrogen-bond donors (Lipinski definition) is 2. The third-order valence-electron chi connectivity index (χ3n) is 7.99. The van der Waals surface area contributed by atoms with E-state index in [9.17, 15) is 19.2 Å². The van der Waals surface area contributed by atoms with Gasteiger partial charge in [-0.25, -0.2) is 14.4 Å². The lowest BCUT2D eigenvalue weighted by Crippen LogP contribution is -2.64. The van der Waals surface area contributed by atoms with Gasteiger partial charge in [-0.2, -0.15) is 0 Å². The molecule has 10 heteroatoms. The zero-order valence-corrected chi connectivity index (χ0v) is 26.0. The molecule has 1 saturated carbocycles. The number of unbranched alkanes of at least 4 members (excludes halogenated alkanes) is 1. The third-order valence-corrected chi connectivity index (χ3v) is 7.99. The predicted octanol–water partition coefficient (Wildman–Crippen LogP) is 5.49. The Morgan fingerprint density at radius 3 is 2.00 bits per heavy atom. The summed E-state index contributed by atoms with van der Waals surface area (Å²) in [6.45, 7) is 5.94. The van der Waals surface area contributed by atoms with Crippen LogP contribution < -0.4 is 10.6 Å². The van der Waals surface area contributed by atoms with Crippen LogP contribution in [0.5, 0.6) is 0 Å². The summed E-state index contributed by atoms with van der Waals surface area (Å²) >= 11 is 0. The Bertz CT molecular complexity index is 1240. The summed E-state index contributed by atoms with van der Waals surface area (Å²) in [4.78, 5) is 54.1. The number of rotatable bonds is 12. The van der Waals surface area contributed by atoms with E-state index in [2.05, 4.69) is 10.6 Å². The van der Waals surface area contributed by atoms with Gasteiger partial charge in [-0.3, -0.25) is 4.79 Å². The normalized spacial score (nSPS) is 19.9. The number of ether oxygens (including phenoxy) is 3. The van der Waals surface area contributed by atoms with Gasteiger partial charge in [0.15, 0.2) is 0 Å². The van der Waals surface area contributed by atoms with E-state index >= 15 is 0 Å². The SMILES string of the molecule is CC(C)(C)OC(=O)N[C@@H](CCCCNC(=O)OCc1ccccc1)C(=O)N1C2CCC(CC2)[C@H]1C(=O)OCc1ccccc1. The molecule has 2 N–H and O–H groups in total. The van der Waals surface area contributed by atoms with Crippen LogP contribution in [0.2, 0.25) is 0 Å². The summed E-state index contributed by atoms with van der Waals surface area (Å²) in [5.41, 5.74) is 1.03. The van der Waals surface area contributed by atoms with Gasteiger partial charge >= 0.3 is 18.2 Å². The molecule has 2 saturated heterocycles. The molecule has 44 heavy (non-hydrogen) atoms. The monoisotopic (exact) mass is 607 g/mol. The van der Waals surface area contributed by atoms with Crippen molar-refractivity contribution in [2.24, 2.45) is 5.92 Å². The van der Waals surface area contributed by atoms with Gasteiger partial charge in [-0.15, -0.1) is 0 Å². The Morgan fingerprint density at radius 2 is 1.41 bits per heavy atom. The van der Waals surface area contributed by atoms with E-state index in [-0.39, 0.29) is 31.1 Å².